The van der Waals surface area contributed by atoms with Gasteiger partial charge in [-0.1, -0.05) is 82.6 Å². The van der Waals surface area contributed by atoms with E-state index >= 15 is 0 Å². The van der Waals surface area contributed by atoms with E-state index in [2.05, 4.69) is 126 Å². The molecule has 0 aliphatic rings. The molecular weight excluding hydrogens is 796 g/mol. The molecule has 0 unspecified atom stereocenters. The summed E-state index contributed by atoms with van der Waals surface area (Å²) in [5.74, 6) is 2.76. The predicted molar refractivity (Wildman–Crippen MR) is 201 cm³/mol. The van der Waals surface area contributed by atoms with Gasteiger partial charge in [0.2, 0.25) is 0 Å². The van der Waals surface area contributed by atoms with Crippen LogP contribution in [0.3, 0.4) is 0 Å². The first-order valence-electron chi connectivity index (χ1n) is 17.3. The van der Waals surface area contributed by atoms with E-state index < -0.39 is 0 Å². The van der Waals surface area contributed by atoms with E-state index in [4.69, 9.17) is 14.8 Å². The fourth-order valence-electron chi connectivity index (χ4n) is 6.82. The van der Waals surface area contributed by atoms with E-state index in [0.29, 0.717) is 17.4 Å². The number of aryl methyl sites for hydroxylation is 2. The van der Waals surface area contributed by atoms with Crippen LogP contribution < -0.4 is 4.74 Å². The Kier molecular flexibility index (Phi) is 10.2. The van der Waals surface area contributed by atoms with Gasteiger partial charge in [-0.05, 0) is 90.4 Å². The summed E-state index contributed by atoms with van der Waals surface area (Å²) in [6.45, 7) is 15.5. The van der Waals surface area contributed by atoms with Crippen molar-refractivity contribution in [2.24, 2.45) is 11.3 Å². The fraction of sp³-hybridized carbons (Fsp3) is 0.273. The van der Waals surface area contributed by atoms with Crippen molar-refractivity contribution in [1.82, 2.24) is 19.3 Å². The topological polar surface area (TPSA) is 44.9 Å². The largest absolute Gasteiger partial charge is 2.00 e. The van der Waals surface area contributed by atoms with E-state index in [-0.39, 0.29) is 26.5 Å². The van der Waals surface area contributed by atoms with Crippen LogP contribution in [0.25, 0.3) is 44.4 Å². The van der Waals surface area contributed by atoms with Gasteiger partial charge in [0.25, 0.3) is 0 Å². The Morgan fingerprint density at radius 2 is 1.58 bits per heavy atom. The third-order valence-electron chi connectivity index (χ3n) is 9.05. The van der Waals surface area contributed by atoms with Gasteiger partial charge in [0.1, 0.15) is 5.82 Å². The summed E-state index contributed by atoms with van der Waals surface area (Å²) in [4.78, 5) is 4.88. The zero-order valence-corrected chi connectivity index (χ0v) is 32.2. The zero-order valence-electron chi connectivity index (χ0n) is 29.9. The van der Waals surface area contributed by atoms with Crippen molar-refractivity contribution in [1.29, 1.82) is 0 Å². The van der Waals surface area contributed by atoms with Crippen molar-refractivity contribution < 1.29 is 25.8 Å². The van der Waals surface area contributed by atoms with Crippen LogP contribution in [0.15, 0.2) is 97.2 Å². The second-order valence-corrected chi connectivity index (χ2v) is 14.8. The SMILES string of the molecule is Cc1nn(-c2[c-]c(Oc3[c-]c4c(cc3)c3cc(CC(C)(C)C)ccc3n4-c3cc(CCC(C)C)ccn3)ccc2)c(C)c1-c1ccccc1.[Pt+2]. The predicted octanol–water partition coefficient (Wildman–Crippen LogP) is 11.2. The molecule has 7 rings (SSSR count). The van der Waals surface area contributed by atoms with Crippen LogP contribution in [0.5, 0.6) is 11.5 Å². The van der Waals surface area contributed by atoms with Gasteiger partial charge < -0.3 is 9.30 Å². The Morgan fingerprint density at radius 3 is 2.34 bits per heavy atom. The van der Waals surface area contributed by atoms with Crippen molar-refractivity contribution >= 4 is 21.8 Å². The summed E-state index contributed by atoms with van der Waals surface area (Å²) in [5.41, 5.74) is 10.0. The van der Waals surface area contributed by atoms with Gasteiger partial charge in [-0.3, -0.25) is 4.68 Å². The summed E-state index contributed by atoms with van der Waals surface area (Å²) in [7, 11) is 0. The van der Waals surface area contributed by atoms with Gasteiger partial charge in [0, 0.05) is 34.5 Å². The Labute approximate surface area is 310 Å². The minimum absolute atomic E-state index is 0. The molecule has 6 heteroatoms. The Bertz CT molecular complexity index is 2270. The number of hydrogen-bond donors (Lipinski definition) is 0. The number of aromatic nitrogens is 4. The van der Waals surface area contributed by atoms with Crippen LogP contribution in [0, 0.1) is 37.3 Å². The van der Waals surface area contributed by atoms with Gasteiger partial charge in [-0.2, -0.15) is 17.2 Å². The molecule has 0 fully saturated rings. The Hall–Kier alpha value is -4.47. The molecule has 0 radical (unpaired) electrons. The van der Waals surface area contributed by atoms with E-state index in [1.54, 1.807) is 0 Å². The molecule has 7 aromatic rings. The number of ether oxygens (including phenoxy) is 1. The third kappa shape index (κ3) is 7.35. The van der Waals surface area contributed by atoms with Gasteiger partial charge in [0.05, 0.1) is 5.69 Å². The molecule has 0 spiro atoms. The average molecular weight is 840 g/mol. The Morgan fingerprint density at radius 1 is 0.800 bits per heavy atom. The van der Waals surface area contributed by atoms with E-state index in [1.807, 2.05) is 41.2 Å². The van der Waals surface area contributed by atoms with Crippen molar-refractivity contribution in [3.8, 4) is 34.1 Å². The molecule has 256 valence electrons. The van der Waals surface area contributed by atoms with Gasteiger partial charge >= 0.3 is 21.1 Å². The fourth-order valence-corrected chi connectivity index (χ4v) is 6.82. The third-order valence-corrected chi connectivity index (χ3v) is 9.05. The second kappa shape index (κ2) is 14.4. The summed E-state index contributed by atoms with van der Waals surface area (Å²) < 4.78 is 10.7. The first-order valence-corrected chi connectivity index (χ1v) is 17.3. The molecule has 5 nitrogen and oxygen atoms in total. The van der Waals surface area contributed by atoms with Crippen molar-refractivity contribution in [3.05, 3.63) is 132 Å². The van der Waals surface area contributed by atoms with Crippen LogP contribution in [0.4, 0.5) is 0 Å². The molecule has 3 heterocycles. The van der Waals surface area contributed by atoms with Crippen molar-refractivity contribution in [3.63, 3.8) is 0 Å². The molecule has 0 atom stereocenters. The Balaban J connectivity index is 0.00000432. The maximum absolute atomic E-state index is 6.49. The van der Waals surface area contributed by atoms with Crippen molar-refractivity contribution in [2.75, 3.05) is 0 Å². The molecule has 50 heavy (non-hydrogen) atoms. The second-order valence-electron chi connectivity index (χ2n) is 14.8. The standard InChI is InChI=1S/C44H44N4O.Pt/c1-29(2)16-17-32-22-23-45-42(25-32)47-40-21-18-33(28-44(5,6)7)24-39(40)38-20-19-37(27-41(38)47)49-36-15-11-14-35(26-36)48-31(4)43(30(3)46-48)34-12-9-8-10-13-34;/h8-15,18-25,29H,16-17,28H2,1-7H3;/q-2;+2. The average Bonchev–Trinajstić information content (AvgIpc) is 3.55. The molecule has 0 aliphatic carbocycles. The number of fused-ring (bicyclic) bond motifs is 3. The minimum atomic E-state index is 0. The molecule has 0 saturated carbocycles. The number of pyridine rings is 1. The first-order chi connectivity index (χ1) is 23.5. The summed E-state index contributed by atoms with van der Waals surface area (Å²) in [5, 5.41) is 7.21. The van der Waals surface area contributed by atoms with Gasteiger partial charge in [-0.25, -0.2) is 4.98 Å². The molecular formula is C44H44N4OPt. The quantitative estimate of drug-likeness (QED) is 0.136. The van der Waals surface area contributed by atoms with Gasteiger partial charge in [-0.15, -0.1) is 35.7 Å². The summed E-state index contributed by atoms with van der Waals surface area (Å²) >= 11 is 0. The number of nitrogens with zero attached hydrogens (tertiary/aromatic N) is 4. The first kappa shape index (κ1) is 35.4. The molecule has 0 saturated heterocycles. The van der Waals surface area contributed by atoms with Crippen LogP contribution in [-0.2, 0) is 33.9 Å². The number of hydrogen-bond acceptors (Lipinski definition) is 3. The van der Waals surface area contributed by atoms with E-state index in [0.717, 1.165) is 69.7 Å². The van der Waals surface area contributed by atoms with E-state index in [1.165, 1.54) is 16.5 Å². The van der Waals surface area contributed by atoms with Crippen LogP contribution in [-0.4, -0.2) is 19.3 Å². The van der Waals surface area contributed by atoms with E-state index in [9.17, 15) is 0 Å². The van der Waals surface area contributed by atoms with Crippen molar-refractivity contribution in [2.45, 2.75) is 67.7 Å². The normalized spacial score (nSPS) is 11.8. The monoisotopic (exact) mass is 839 g/mol. The molecule has 0 aliphatic heterocycles. The van der Waals surface area contributed by atoms with Crippen LogP contribution >= 0.6 is 0 Å². The molecule has 3 aromatic heterocycles. The van der Waals surface area contributed by atoms with Crippen LogP contribution in [0.2, 0.25) is 0 Å². The minimum Gasteiger partial charge on any atom is -0.509 e. The van der Waals surface area contributed by atoms with Gasteiger partial charge in [0.15, 0.2) is 0 Å². The molecule has 4 aromatic carbocycles. The maximum Gasteiger partial charge on any atom is 2.00 e. The number of benzene rings is 4. The smallest absolute Gasteiger partial charge is 0.509 e. The summed E-state index contributed by atoms with van der Waals surface area (Å²) in [6.07, 6.45) is 5.08. The molecule has 0 N–H and O–H groups in total. The zero-order chi connectivity index (χ0) is 34.3. The molecule has 0 amide bonds. The number of rotatable bonds is 9. The summed E-state index contributed by atoms with van der Waals surface area (Å²) in [6, 6.07) is 38.8. The van der Waals surface area contributed by atoms with Crippen LogP contribution in [0.1, 0.15) is 63.6 Å². The molecule has 0 bridgehead atoms. The maximum atomic E-state index is 6.49.